The summed E-state index contributed by atoms with van der Waals surface area (Å²) < 4.78 is 9.61. The molecular formula is C14H10Cl2N2O5. The van der Waals surface area contributed by atoms with Gasteiger partial charge in [-0.05, 0) is 24.3 Å². The normalized spacial score (nSPS) is 10.0. The van der Waals surface area contributed by atoms with Gasteiger partial charge in [0.15, 0.2) is 12.4 Å². The van der Waals surface area contributed by atoms with Crippen LogP contribution in [-0.2, 0) is 9.53 Å². The zero-order valence-electron chi connectivity index (χ0n) is 11.5. The van der Waals surface area contributed by atoms with E-state index in [0.717, 1.165) is 0 Å². The molecule has 1 heterocycles. The Kier molecular flexibility index (Phi) is 5.61. The van der Waals surface area contributed by atoms with Crippen LogP contribution in [0.5, 0.6) is 0 Å². The molecule has 0 saturated carbocycles. The molecule has 2 N–H and O–H groups in total. The van der Waals surface area contributed by atoms with Crippen molar-refractivity contribution in [2.24, 2.45) is 0 Å². The molecule has 2 amide bonds. The Morgan fingerprint density at radius 1 is 1.04 bits per heavy atom. The van der Waals surface area contributed by atoms with Crippen molar-refractivity contribution in [2.75, 3.05) is 6.61 Å². The molecule has 9 heteroatoms. The summed E-state index contributed by atoms with van der Waals surface area (Å²) in [5, 5.41) is 0.211. The maximum Gasteiger partial charge on any atom is 0.341 e. The zero-order valence-corrected chi connectivity index (χ0v) is 13.0. The highest BCUT2D eigenvalue weighted by atomic mass is 35.5. The maximum absolute atomic E-state index is 11.8. The highest BCUT2D eigenvalue weighted by molar-refractivity contribution is 6.39. The van der Waals surface area contributed by atoms with Gasteiger partial charge in [-0.2, -0.15) is 0 Å². The smallest absolute Gasteiger partial charge is 0.341 e. The Morgan fingerprint density at radius 3 is 2.35 bits per heavy atom. The number of carbonyl (C=O) groups is 3. The minimum absolute atomic E-state index is 0.0187. The van der Waals surface area contributed by atoms with Crippen molar-refractivity contribution in [3.8, 4) is 0 Å². The standard InChI is InChI=1S/C14H10Cl2N2O5/c15-8-3-1-4-9(16)12(8)14(21)23-7-11(19)17-18-13(20)10-5-2-6-22-10/h1-6H,7H2,(H,17,19)(H,18,20). The molecule has 0 radical (unpaired) electrons. The van der Waals surface area contributed by atoms with Gasteiger partial charge in [0.1, 0.15) is 0 Å². The van der Waals surface area contributed by atoms with E-state index in [1.54, 1.807) is 6.07 Å². The van der Waals surface area contributed by atoms with Gasteiger partial charge in [-0.1, -0.05) is 29.3 Å². The van der Waals surface area contributed by atoms with Crippen molar-refractivity contribution in [3.05, 3.63) is 58.0 Å². The third-order valence-electron chi connectivity index (χ3n) is 2.56. The van der Waals surface area contributed by atoms with Gasteiger partial charge in [0.2, 0.25) is 0 Å². The summed E-state index contributed by atoms with van der Waals surface area (Å²) in [6, 6.07) is 7.44. The summed E-state index contributed by atoms with van der Waals surface area (Å²) in [6.45, 7) is -0.626. The molecule has 0 saturated heterocycles. The lowest BCUT2D eigenvalue weighted by molar-refractivity contribution is -0.125. The maximum atomic E-state index is 11.8. The van der Waals surface area contributed by atoms with E-state index < -0.39 is 24.4 Å². The molecule has 23 heavy (non-hydrogen) atoms. The largest absolute Gasteiger partial charge is 0.459 e. The van der Waals surface area contributed by atoms with Crippen LogP contribution in [0.2, 0.25) is 10.0 Å². The molecule has 0 aliphatic rings. The topological polar surface area (TPSA) is 97.6 Å². The van der Waals surface area contributed by atoms with E-state index in [1.807, 2.05) is 0 Å². The van der Waals surface area contributed by atoms with E-state index in [4.69, 9.17) is 32.4 Å². The van der Waals surface area contributed by atoms with Crippen molar-refractivity contribution in [1.82, 2.24) is 10.9 Å². The number of hydrazine groups is 1. The first kappa shape index (κ1) is 16.9. The van der Waals surface area contributed by atoms with Gasteiger partial charge >= 0.3 is 11.9 Å². The first-order valence-electron chi connectivity index (χ1n) is 6.23. The second-order valence-corrected chi connectivity index (χ2v) is 4.97. The van der Waals surface area contributed by atoms with Crippen LogP contribution >= 0.6 is 23.2 Å². The average Bonchev–Trinajstić information content (AvgIpc) is 3.05. The van der Waals surface area contributed by atoms with E-state index in [2.05, 4.69) is 10.9 Å². The molecule has 7 nitrogen and oxygen atoms in total. The Labute approximate surface area is 140 Å². The van der Waals surface area contributed by atoms with E-state index in [9.17, 15) is 14.4 Å². The van der Waals surface area contributed by atoms with Gasteiger partial charge in [-0.25, -0.2) is 4.79 Å². The zero-order chi connectivity index (χ0) is 16.8. The Hall–Kier alpha value is -2.51. The Bertz CT molecular complexity index is 711. The number of rotatable bonds is 4. The van der Waals surface area contributed by atoms with Crippen LogP contribution in [0.15, 0.2) is 41.0 Å². The molecule has 0 spiro atoms. The van der Waals surface area contributed by atoms with Crippen LogP contribution in [0, 0.1) is 0 Å². The highest BCUT2D eigenvalue weighted by Gasteiger charge is 2.17. The van der Waals surface area contributed by atoms with E-state index in [-0.39, 0.29) is 21.4 Å². The fraction of sp³-hybridized carbons (Fsp3) is 0.0714. The monoisotopic (exact) mass is 356 g/mol. The lowest BCUT2D eigenvalue weighted by atomic mass is 10.2. The molecule has 0 atom stereocenters. The molecule has 120 valence electrons. The quantitative estimate of drug-likeness (QED) is 0.646. The minimum atomic E-state index is -0.854. The molecular weight excluding hydrogens is 347 g/mol. The third-order valence-corrected chi connectivity index (χ3v) is 3.19. The van der Waals surface area contributed by atoms with Crippen molar-refractivity contribution >= 4 is 41.0 Å². The molecule has 2 rings (SSSR count). The second-order valence-electron chi connectivity index (χ2n) is 4.15. The SMILES string of the molecule is O=C(COC(=O)c1c(Cl)cccc1Cl)NNC(=O)c1ccco1. The molecule has 0 fully saturated rings. The number of furan rings is 1. The van der Waals surface area contributed by atoms with E-state index >= 15 is 0 Å². The third kappa shape index (κ3) is 4.48. The van der Waals surface area contributed by atoms with Gasteiger partial charge in [0.05, 0.1) is 21.9 Å². The van der Waals surface area contributed by atoms with Crippen LogP contribution in [0.4, 0.5) is 0 Å². The first-order chi connectivity index (χ1) is 11.0. The van der Waals surface area contributed by atoms with Crippen molar-refractivity contribution < 1.29 is 23.5 Å². The predicted octanol–water partition coefficient (Wildman–Crippen LogP) is 2.20. The van der Waals surface area contributed by atoms with Crippen LogP contribution in [0.25, 0.3) is 0 Å². The fourth-order valence-electron chi connectivity index (χ4n) is 1.53. The van der Waals surface area contributed by atoms with Gasteiger partial charge in [0.25, 0.3) is 5.91 Å². The van der Waals surface area contributed by atoms with Gasteiger partial charge in [0, 0.05) is 0 Å². The van der Waals surface area contributed by atoms with Crippen molar-refractivity contribution in [3.63, 3.8) is 0 Å². The number of halogens is 2. The molecule has 0 bridgehead atoms. The fourth-order valence-corrected chi connectivity index (χ4v) is 2.08. The summed E-state index contributed by atoms with van der Waals surface area (Å²) in [7, 11) is 0. The molecule has 0 aliphatic carbocycles. The molecule has 1 aromatic heterocycles. The van der Waals surface area contributed by atoms with Crippen LogP contribution in [-0.4, -0.2) is 24.4 Å². The van der Waals surface area contributed by atoms with Crippen LogP contribution in [0.3, 0.4) is 0 Å². The number of benzene rings is 1. The van der Waals surface area contributed by atoms with Crippen molar-refractivity contribution in [2.45, 2.75) is 0 Å². The molecule has 1 aromatic carbocycles. The summed E-state index contributed by atoms with van der Waals surface area (Å²) in [4.78, 5) is 34.9. The molecule has 2 aromatic rings. The summed E-state index contributed by atoms with van der Waals surface area (Å²) in [6.07, 6.45) is 1.31. The number of hydrogen-bond acceptors (Lipinski definition) is 5. The number of hydrogen-bond donors (Lipinski definition) is 2. The van der Waals surface area contributed by atoms with Crippen LogP contribution < -0.4 is 10.9 Å². The number of nitrogens with one attached hydrogen (secondary N) is 2. The average molecular weight is 357 g/mol. The summed E-state index contributed by atoms with van der Waals surface area (Å²) in [5.41, 5.74) is 4.12. The van der Waals surface area contributed by atoms with Gasteiger partial charge < -0.3 is 9.15 Å². The first-order valence-corrected chi connectivity index (χ1v) is 6.98. The predicted molar refractivity (Wildman–Crippen MR) is 81.1 cm³/mol. The van der Waals surface area contributed by atoms with Gasteiger partial charge in [-0.3, -0.25) is 20.4 Å². The molecule has 0 unspecified atom stereocenters. The number of ether oxygens (including phenoxy) is 1. The molecule has 0 aliphatic heterocycles. The van der Waals surface area contributed by atoms with Gasteiger partial charge in [-0.15, -0.1) is 0 Å². The summed E-state index contributed by atoms with van der Waals surface area (Å²) >= 11 is 11.7. The highest BCUT2D eigenvalue weighted by Crippen LogP contribution is 2.24. The van der Waals surface area contributed by atoms with E-state index in [0.29, 0.717) is 0 Å². The lowest BCUT2D eigenvalue weighted by Gasteiger charge is -2.08. The van der Waals surface area contributed by atoms with Crippen molar-refractivity contribution in [1.29, 1.82) is 0 Å². The number of amides is 2. The Balaban J connectivity index is 1.82. The number of carbonyl (C=O) groups excluding carboxylic acids is 3. The van der Waals surface area contributed by atoms with Crippen LogP contribution in [0.1, 0.15) is 20.9 Å². The summed E-state index contributed by atoms with van der Waals surface area (Å²) in [5.74, 6) is -2.23. The van der Waals surface area contributed by atoms with E-state index in [1.165, 1.54) is 30.5 Å². The Morgan fingerprint density at radius 2 is 1.74 bits per heavy atom. The second kappa shape index (κ2) is 7.66. The lowest BCUT2D eigenvalue weighted by Crippen LogP contribution is -2.43. The minimum Gasteiger partial charge on any atom is -0.459 e. The number of esters is 1.